The molecule has 3 aliphatic rings. The van der Waals surface area contributed by atoms with E-state index in [1.165, 1.54) is 0 Å². The number of Topliss-reactive ketones (excluding diaryl/α,β-unsaturated/α-hetero) is 1. The van der Waals surface area contributed by atoms with Crippen molar-refractivity contribution in [2.24, 2.45) is 17.6 Å². The van der Waals surface area contributed by atoms with Crippen molar-refractivity contribution in [3.8, 4) is 0 Å². The number of primary amides is 1. The fraction of sp³-hybridized carbons (Fsp3) is 0.763. The summed E-state index contributed by atoms with van der Waals surface area (Å²) in [6, 6.07) is 0. The molecule has 7 unspecified atom stereocenters. The predicted octanol–water partition coefficient (Wildman–Crippen LogP) is 7.02. The molecule has 3 aliphatic heterocycles. The second kappa shape index (κ2) is 20.2. The van der Waals surface area contributed by atoms with Gasteiger partial charge in [-0.1, -0.05) is 45.1 Å². The van der Waals surface area contributed by atoms with Gasteiger partial charge in [-0.05, 0) is 95.1 Å². The van der Waals surface area contributed by atoms with E-state index >= 15 is 0 Å². The number of aliphatic hydroxyl groups is 1. The largest absolute Gasteiger partial charge is 0.462 e. The molecule has 0 radical (unpaired) electrons. The van der Waals surface area contributed by atoms with Crippen LogP contribution in [-0.2, 0) is 33.3 Å². The summed E-state index contributed by atoms with van der Waals surface area (Å²) < 4.78 is 30.4. The van der Waals surface area contributed by atoms with Crippen LogP contribution < -0.4 is 5.73 Å². The molecule has 0 aromatic rings. The fourth-order valence-corrected chi connectivity index (χ4v) is 6.79. The highest BCUT2D eigenvalue weighted by Gasteiger charge is 2.32. The fourth-order valence-electron chi connectivity index (χ4n) is 6.79. The molecule has 10 atom stereocenters. The van der Waals surface area contributed by atoms with Crippen molar-refractivity contribution in [3.05, 3.63) is 35.5 Å². The second-order valence-corrected chi connectivity index (χ2v) is 14.2. The van der Waals surface area contributed by atoms with Gasteiger partial charge in [0.05, 0.1) is 36.9 Å². The first-order valence-electron chi connectivity index (χ1n) is 18.2. The molecule has 0 spiro atoms. The molecule has 2 bridgehead atoms. The average molecular weight is 676 g/mol. The van der Waals surface area contributed by atoms with Gasteiger partial charge in [-0.3, -0.25) is 9.59 Å². The number of hydrogen-bond acceptors (Lipinski definition) is 9. The van der Waals surface area contributed by atoms with Crippen LogP contribution in [0.3, 0.4) is 0 Å². The van der Waals surface area contributed by atoms with Crippen LogP contribution in [0.2, 0.25) is 0 Å². The number of allylic oxidation sites excluding steroid dienone is 2. The van der Waals surface area contributed by atoms with Gasteiger partial charge in [-0.25, -0.2) is 4.79 Å². The van der Waals surface area contributed by atoms with Gasteiger partial charge in [0, 0.05) is 25.7 Å². The van der Waals surface area contributed by atoms with E-state index in [1.54, 1.807) is 6.92 Å². The van der Waals surface area contributed by atoms with E-state index in [0.29, 0.717) is 38.5 Å². The van der Waals surface area contributed by atoms with Crippen molar-refractivity contribution in [2.45, 2.75) is 174 Å². The number of amides is 1. The highest BCUT2D eigenvalue weighted by atomic mass is 16.7. The van der Waals surface area contributed by atoms with Crippen LogP contribution in [0, 0.1) is 11.8 Å². The number of aliphatic hydroxyl groups excluding tert-OH is 1. The summed E-state index contributed by atoms with van der Waals surface area (Å²) in [5.74, 6) is -0.256. The average Bonchev–Trinajstić information content (AvgIpc) is 3.02. The van der Waals surface area contributed by atoms with Crippen LogP contribution >= 0.6 is 0 Å². The number of fused-ring (bicyclic) bond motifs is 2. The van der Waals surface area contributed by atoms with Gasteiger partial charge in [0.15, 0.2) is 6.29 Å². The molecular formula is C38H61NO9. The van der Waals surface area contributed by atoms with E-state index < -0.39 is 18.5 Å². The molecule has 1 saturated heterocycles. The number of hydrogen-bond donors (Lipinski definition) is 2. The summed E-state index contributed by atoms with van der Waals surface area (Å²) in [6.07, 6.45) is 12.9. The first-order chi connectivity index (χ1) is 22.8. The normalized spacial score (nSPS) is 34.2. The van der Waals surface area contributed by atoms with Crippen LogP contribution in [0.5, 0.6) is 0 Å². The third-order valence-corrected chi connectivity index (χ3v) is 9.91. The third kappa shape index (κ3) is 13.8. The van der Waals surface area contributed by atoms with Crippen molar-refractivity contribution < 1.29 is 43.2 Å². The highest BCUT2D eigenvalue weighted by molar-refractivity contribution is 5.78. The number of carbonyl (C=O) groups excluding carboxylic acids is 3. The summed E-state index contributed by atoms with van der Waals surface area (Å²) in [6.45, 7) is 11.9. The first kappa shape index (κ1) is 39.9. The zero-order valence-corrected chi connectivity index (χ0v) is 30.1. The van der Waals surface area contributed by atoms with Crippen molar-refractivity contribution in [1.29, 1.82) is 0 Å². The summed E-state index contributed by atoms with van der Waals surface area (Å²) in [5, 5.41) is 10.6. The Hall–Kier alpha value is -2.53. The Kier molecular flexibility index (Phi) is 16.8. The molecular weight excluding hydrogens is 614 g/mol. The Labute approximate surface area is 287 Å². The zero-order chi connectivity index (χ0) is 35.2. The summed E-state index contributed by atoms with van der Waals surface area (Å²) in [5.41, 5.74) is 7.55. The van der Waals surface area contributed by atoms with Gasteiger partial charge in [0.2, 0.25) is 0 Å². The van der Waals surface area contributed by atoms with Gasteiger partial charge in [0.1, 0.15) is 18.0 Å². The van der Waals surface area contributed by atoms with E-state index in [0.717, 1.165) is 43.3 Å². The minimum atomic E-state index is -0.792. The monoisotopic (exact) mass is 675 g/mol. The van der Waals surface area contributed by atoms with E-state index in [2.05, 4.69) is 45.1 Å². The topological polar surface area (TPSA) is 144 Å². The van der Waals surface area contributed by atoms with Crippen LogP contribution in [-0.4, -0.2) is 72.0 Å². The van der Waals surface area contributed by atoms with Crippen LogP contribution in [0.1, 0.15) is 125 Å². The number of carbonyl (C=O) groups is 3. The maximum Gasteiger partial charge on any atom is 0.404 e. The number of ether oxygens (including phenoxy) is 5. The number of nitrogens with two attached hydrogens (primary N) is 1. The quantitative estimate of drug-likeness (QED) is 0.184. The molecule has 3 heterocycles. The van der Waals surface area contributed by atoms with Gasteiger partial charge in [-0.2, -0.15) is 0 Å². The van der Waals surface area contributed by atoms with Crippen molar-refractivity contribution in [2.75, 3.05) is 0 Å². The Balaban J connectivity index is 1.76. The van der Waals surface area contributed by atoms with Crippen molar-refractivity contribution in [1.82, 2.24) is 0 Å². The maximum absolute atomic E-state index is 13.3. The maximum atomic E-state index is 13.3. The van der Waals surface area contributed by atoms with Crippen molar-refractivity contribution >= 4 is 17.8 Å². The highest BCUT2D eigenvalue weighted by Crippen LogP contribution is 2.30. The van der Waals surface area contributed by atoms with E-state index in [9.17, 15) is 19.5 Å². The lowest BCUT2D eigenvalue weighted by molar-refractivity contribution is -0.222. The van der Waals surface area contributed by atoms with Crippen LogP contribution in [0.15, 0.2) is 35.5 Å². The molecule has 0 saturated carbocycles. The van der Waals surface area contributed by atoms with E-state index in [1.807, 2.05) is 13.8 Å². The minimum absolute atomic E-state index is 0.0444. The SMILES string of the molecule is CCC(=O)CC(O)C(C)CCC1OC(=O)CC2CC=C(C)[C@H](O2)/C(C)=C/CCC[C@@H](OC2CC(OC(N)=O)C[C@@H](C)O2)/C=C/CCC1C. The molecule has 10 heteroatoms. The number of cyclic esters (lactones) is 1. The lowest BCUT2D eigenvalue weighted by Gasteiger charge is -2.34. The standard InChI is InChI=1S/C38H61NO9/c1-7-29(40)21-33(41)24(2)17-19-34-25(3)12-8-10-14-30(45-36-23-32(47-38(39)43)20-28(6)44-36)15-11-9-13-26(4)37-27(5)16-18-31(46-37)22-35(42)48-34/h10,13-14,16,24-25,28,30-34,36-37,41H,7-9,11-12,15,17-23H2,1-6H3,(H2,39,43)/b14-10+,26-13+/t24?,25?,28-,30+,31?,32?,33?,34?,36?,37-/m1/s1. The molecule has 3 N–H and O–H groups in total. The molecule has 0 aromatic carbocycles. The van der Waals surface area contributed by atoms with Gasteiger partial charge in [-0.15, -0.1) is 0 Å². The number of ketones is 1. The van der Waals surface area contributed by atoms with Crippen LogP contribution in [0.4, 0.5) is 4.79 Å². The molecule has 0 aliphatic carbocycles. The first-order valence-corrected chi connectivity index (χ1v) is 18.2. The molecule has 1 fully saturated rings. The minimum Gasteiger partial charge on any atom is -0.462 e. The van der Waals surface area contributed by atoms with Gasteiger partial charge < -0.3 is 34.5 Å². The number of esters is 1. The Morgan fingerprint density at radius 1 is 1.08 bits per heavy atom. The van der Waals surface area contributed by atoms with E-state index in [4.69, 9.17) is 29.4 Å². The molecule has 1 amide bonds. The summed E-state index contributed by atoms with van der Waals surface area (Å²) in [7, 11) is 0. The molecule has 3 rings (SSSR count). The van der Waals surface area contributed by atoms with Crippen molar-refractivity contribution in [3.63, 3.8) is 0 Å². The Morgan fingerprint density at radius 3 is 2.56 bits per heavy atom. The second-order valence-electron chi connectivity index (χ2n) is 14.2. The van der Waals surface area contributed by atoms with Crippen LogP contribution in [0.25, 0.3) is 0 Å². The lowest BCUT2D eigenvalue weighted by atomic mass is 9.89. The van der Waals surface area contributed by atoms with Gasteiger partial charge in [0.25, 0.3) is 0 Å². The predicted molar refractivity (Wildman–Crippen MR) is 184 cm³/mol. The van der Waals surface area contributed by atoms with E-state index in [-0.39, 0.29) is 73.1 Å². The Morgan fingerprint density at radius 2 is 1.83 bits per heavy atom. The smallest absolute Gasteiger partial charge is 0.404 e. The molecule has 48 heavy (non-hydrogen) atoms. The molecule has 10 nitrogen and oxygen atoms in total. The Bertz CT molecular complexity index is 1130. The zero-order valence-electron chi connectivity index (χ0n) is 30.1. The molecule has 272 valence electrons. The third-order valence-electron chi connectivity index (χ3n) is 9.91. The lowest BCUT2D eigenvalue weighted by Crippen LogP contribution is -2.40. The molecule has 0 aromatic heterocycles. The number of rotatable bonds is 10. The van der Waals surface area contributed by atoms with Gasteiger partial charge >= 0.3 is 12.1 Å². The summed E-state index contributed by atoms with van der Waals surface area (Å²) in [4.78, 5) is 36.6. The summed E-state index contributed by atoms with van der Waals surface area (Å²) >= 11 is 0.